The van der Waals surface area contributed by atoms with Crippen molar-refractivity contribution in [2.75, 3.05) is 0 Å². The lowest BCUT2D eigenvalue weighted by Crippen LogP contribution is -2.19. The van der Waals surface area contributed by atoms with E-state index in [1.54, 1.807) is 20.8 Å². The Bertz CT molecular complexity index is 75.8. The highest BCUT2D eigenvalue weighted by Gasteiger charge is 2.07. The van der Waals surface area contributed by atoms with E-state index in [2.05, 4.69) is 0 Å². The molecule has 0 heterocycles. The van der Waals surface area contributed by atoms with E-state index in [4.69, 9.17) is 32.7 Å². The van der Waals surface area contributed by atoms with E-state index in [1.807, 2.05) is 0 Å². The molecule has 0 saturated carbocycles. The Morgan fingerprint density at radius 3 is 1.40 bits per heavy atom. The van der Waals surface area contributed by atoms with Crippen molar-refractivity contribution in [3.8, 4) is 0 Å². The second kappa shape index (κ2) is 5.19. The standard InChI is InChI=1S/C6H12Cl2O2/c1-4(7)9-6(3)10-5(2)8/h4-6H,1-3H3. The zero-order chi connectivity index (χ0) is 8.15. The molecule has 2 unspecified atom stereocenters. The summed E-state index contributed by atoms with van der Waals surface area (Å²) < 4.78 is 10.0. The van der Waals surface area contributed by atoms with E-state index in [-0.39, 0.29) is 17.4 Å². The van der Waals surface area contributed by atoms with Crippen molar-refractivity contribution in [3.05, 3.63) is 0 Å². The lowest BCUT2D eigenvalue weighted by atomic mass is 10.7. The highest BCUT2D eigenvalue weighted by molar-refractivity contribution is 6.19. The molecule has 0 fully saturated rings. The monoisotopic (exact) mass is 186 g/mol. The van der Waals surface area contributed by atoms with Gasteiger partial charge in [-0.15, -0.1) is 0 Å². The van der Waals surface area contributed by atoms with Crippen LogP contribution >= 0.6 is 23.2 Å². The van der Waals surface area contributed by atoms with Gasteiger partial charge in [-0.05, 0) is 20.8 Å². The van der Waals surface area contributed by atoms with Gasteiger partial charge in [-0.3, -0.25) is 0 Å². The summed E-state index contributed by atoms with van der Waals surface area (Å²) in [6.07, 6.45) is -0.347. The van der Waals surface area contributed by atoms with Crippen LogP contribution < -0.4 is 0 Å². The molecule has 62 valence electrons. The van der Waals surface area contributed by atoms with E-state index in [0.29, 0.717) is 0 Å². The van der Waals surface area contributed by atoms with E-state index in [1.165, 1.54) is 0 Å². The van der Waals surface area contributed by atoms with Crippen molar-refractivity contribution < 1.29 is 9.47 Å². The average Bonchev–Trinajstić information content (AvgIpc) is 1.58. The summed E-state index contributed by atoms with van der Waals surface area (Å²) in [7, 11) is 0. The Hall–Kier alpha value is 0.500. The first kappa shape index (κ1) is 10.5. The van der Waals surface area contributed by atoms with Crippen LogP contribution in [0, 0.1) is 0 Å². The summed E-state index contributed by atoms with van der Waals surface area (Å²) in [6, 6.07) is 0. The van der Waals surface area contributed by atoms with Crippen LogP contribution in [0.4, 0.5) is 0 Å². The van der Waals surface area contributed by atoms with Crippen LogP contribution in [0.25, 0.3) is 0 Å². The molecule has 0 bridgehead atoms. The predicted octanol–water partition coefficient (Wildman–Crippen LogP) is 2.54. The molecule has 0 aromatic carbocycles. The number of ether oxygens (including phenoxy) is 2. The van der Waals surface area contributed by atoms with Crippen LogP contribution in [0.3, 0.4) is 0 Å². The molecule has 0 aliphatic heterocycles. The molecule has 4 heteroatoms. The molecule has 0 aromatic rings. The van der Waals surface area contributed by atoms with Crippen molar-refractivity contribution in [2.45, 2.75) is 38.2 Å². The minimum atomic E-state index is -0.347. The molecule has 0 amide bonds. The van der Waals surface area contributed by atoms with Crippen molar-refractivity contribution >= 4 is 23.2 Å². The minimum absolute atomic E-state index is 0.342. The smallest absolute Gasteiger partial charge is 0.158 e. The maximum atomic E-state index is 5.51. The molecule has 10 heavy (non-hydrogen) atoms. The van der Waals surface area contributed by atoms with Gasteiger partial charge in [0.1, 0.15) is 11.1 Å². The zero-order valence-electron chi connectivity index (χ0n) is 6.30. The van der Waals surface area contributed by atoms with Crippen molar-refractivity contribution in [1.29, 1.82) is 0 Å². The molecule has 0 radical (unpaired) electrons. The first-order valence-electron chi connectivity index (χ1n) is 3.11. The fourth-order valence-corrected chi connectivity index (χ4v) is 0.850. The van der Waals surface area contributed by atoms with Crippen LogP contribution in [0.1, 0.15) is 20.8 Å². The van der Waals surface area contributed by atoms with Crippen molar-refractivity contribution in [1.82, 2.24) is 0 Å². The largest absolute Gasteiger partial charge is 0.334 e. The van der Waals surface area contributed by atoms with Crippen LogP contribution in [-0.4, -0.2) is 17.4 Å². The number of hydrogen-bond donors (Lipinski definition) is 0. The third-order valence-electron chi connectivity index (χ3n) is 0.758. The molecule has 0 aliphatic carbocycles. The summed E-state index contributed by atoms with van der Waals surface area (Å²) in [4.78, 5) is 0. The second-order valence-electron chi connectivity index (χ2n) is 1.93. The summed E-state index contributed by atoms with van der Waals surface area (Å²) in [5.41, 5.74) is -0.684. The van der Waals surface area contributed by atoms with Gasteiger partial charge in [0, 0.05) is 0 Å². The van der Waals surface area contributed by atoms with E-state index in [9.17, 15) is 0 Å². The van der Waals surface area contributed by atoms with Crippen LogP contribution in [0.15, 0.2) is 0 Å². The van der Waals surface area contributed by atoms with Crippen LogP contribution in [-0.2, 0) is 9.47 Å². The van der Waals surface area contributed by atoms with Crippen molar-refractivity contribution in [3.63, 3.8) is 0 Å². The Kier molecular flexibility index (Phi) is 5.45. The van der Waals surface area contributed by atoms with Gasteiger partial charge in [-0.25, -0.2) is 0 Å². The first-order valence-corrected chi connectivity index (χ1v) is 3.98. The zero-order valence-corrected chi connectivity index (χ0v) is 7.82. The van der Waals surface area contributed by atoms with E-state index < -0.39 is 0 Å². The third kappa shape index (κ3) is 6.62. The summed E-state index contributed by atoms with van der Waals surface area (Å²) in [5.74, 6) is 0. The number of hydrogen-bond acceptors (Lipinski definition) is 2. The Morgan fingerprint density at radius 1 is 0.900 bits per heavy atom. The molecule has 2 atom stereocenters. The highest BCUT2D eigenvalue weighted by Crippen LogP contribution is 2.07. The van der Waals surface area contributed by atoms with Crippen LogP contribution in [0.5, 0.6) is 0 Å². The summed E-state index contributed by atoms with van der Waals surface area (Å²) >= 11 is 11.0. The van der Waals surface area contributed by atoms with Gasteiger partial charge in [-0.2, -0.15) is 0 Å². The van der Waals surface area contributed by atoms with E-state index >= 15 is 0 Å². The lowest BCUT2D eigenvalue weighted by molar-refractivity contribution is -0.143. The minimum Gasteiger partial charge on any atom is -0.334 e. The summed E-state index contributed by atoms with van der Waals surface area (Å²) in [5, 5.41) is 0. The second-order valence-corrected chi connectivity index (χ2v) is 3.16. The maximum absolute atomic E-state index is 5.51. The quantitative estimate of drug-likeness (QED) is 0.497. The molecule has 0 rings (SSSR count). The Balaban J connectivity index is 3.34. The topological polar surface area (TPSA) is 18.5 Å². The fraction of sp³-hybridized carbons (Fsp3) is 1.00. The molecule has 0 spiro atoms. The average molecular weight is 187 g/mol. The van der Waals surface area contributed by atoms with Crippen molar-refractivity contribution in [2.24, 2.45) is 0 Å². The predicted molar refractivity (Wildman–Crippen MR) is 42.3 cm³/mol. The molecule has 0 aliphatic rings. The number of rotatable bonds is 4. The van der Waals surface area contributed by atoms with Gasteiger partial charge in [-0.1, -0.05) is 23.2 Å². The molecular weight excluding hydrogens is 175 g/mol. The Morgan fingerprint density at radius 2 is 1.20 bits per heavy atom. The lowest BCUT2D eigenvalue weighted by Gasteiger charge is -2.16. The van der Waals surface area contributed by atoms with Gasteiger partial charge in [0.2, 0.25) is 0 Å². The van der Waals surface area contributed by atoms with Gasteiger partial charge in [0.25, 0.3) is 0 Å². The van der Waals surface area contributed by atoms with Gasteiger partial charge in [0.05, 0.1) is 0 Å². The van der Waals surface area contributed by atoms with E-state index in [0.717, 1.165) is 0 Å². The summed E-state index contributed by atoms with van der Waals surface area (Å²) in [6.45, 7) is 5.19. The van der Waals surface area contributed by atoms with Crippen LogP contribution in [0.2, 0.25) is 0 Å². The van der Waals surface area contributed by atoms with Gasteiger partial charge in [0.15, 0.2) is 6.29 Å². The maximum Gasteiger partial charge on any atom is 0.158 e. The van der Waals surface area contributed by atoms with Gasteiger partial charge < -0.3 is 9.47 Å². The Labute approximate surface area is 71.4 Å². The van der Waals surface area contributed by atoms with Gasteiger partial charge >= 0.3 is 0 Å². The highest BCUT2D eigenvalue weighted by atomic mass is 35.5. The first-order chi connectivity index (χ1) is 4.52. The SMILES string of the molecule is CC(Cl)OC(C)OC(C)Cl. The molecular formula is C6H12Cl2O2. The molecule has 0 saturated heterocycles. The normalized spacial score (nSPS) is 20.1. The fourth-order valence-electron chi connectivity index (χ4n) is 0.560. The number of alkyl halides is 2. The molecule has 0 N–H and O–H groups in total. The molecule has 0 aromatic heterocycles. The molecule has 2 nitrogen and oxygen atoms in total. The number of halogens is 2. The third-order valence-corrected chi connectivity index (χ3v) is 0.964.